The van der Waals surface area contributed by atoms with E-state index >= 15 is 0 Å². The lowest BCUT2D eigenvalue weighted by Gasteiger charge is -2.27. The Kier molecular flexibility index (Phi) is 2.95. The van der Waals surface area contributed by atoms with Crippen molar-refractivity contribution in [2.45, 2.75) is 6.42 Å². The van der Waals surface area contributed by atoms with Gasteiger partial charge in [0, 0.05) is 64.1 Å². The third-order valence-corrected chi connectivity index (χ3v) is 4.97. The average molecular weight is 275 g/mol. The van der Waals surface area contributed by atoms with Gasteiger partial charge < -0.3 is 4.98 Å². The summed E-state index contributed by atoms with van der Waals surface area (Å²) in [5.74, 6) is 3.74. The molecule has 4 nitrogen and oxygen atoms in total. The maximum Gasteiger partial charge on any atom is 0.0491 e. The highest BCUT2D eigenvalue weighted by molar-refractivity contribution is 7.97. The van der Waals surface area contributed by atoms with E-state index in [9.17, 15) is 4.21 Å². The van der Waals surface area contributed by atoms with Gasteiger partial charge in [-0.05, 0) is 23.9 Å². The summed E-state index contributed by atoms with van der Waals surface area (Å²) in [7, 11) is -2.09. The first-order valence-corrected chi connectivity index (χ1v) is 8.33. The second-order valence-corrected chi connectivity index (χ2v) is 7.39. The minimum atomic E-state index is -2.09. The van der Waals surface area contributed by atoms with Crippen LogP contribution in [-0.4, -0.2) is 43.7 Å². The predicted octanol–water partition coefficient (Wildman–Crippen LogP) is 1.91. The summed E-state index contributed by atoms with van der Waals surface area (Å²) in [6.45, 7) is 1.48. The number of pyridine rings is 1. The Bertz CT molecular complexity index is 743. The van der Waals surface area contributed by atoms with Gasteiger partial charge in [0.2, 0.25) is 0 Å². The van der Waals surface area contributed by atoms with Gasteiger partial charge in [-0.3, -0.25) is 9.19 Å². The molecule has 1 atom stereocenters. The van der Waals surface area contributed by atoms with E-state index in [1.807, 2.05) is 22.8 Å². The van der Waals surface area contributed by atoms with E-state index in [1.165, 1.54) is 11.1 Å². The highest BCUT2D eigenvalue weighted by atomic mass is 32.2. The summed E-state index contributed by atoms with van der Waals surface area (Å²) in [6.07, 6.45) is 10.4. The Labute approximate surface area is 113 Å². The van der Waals surface area contributed by atoms with Crippen molar-refractivity contribution in [1.82, 2.24) is 14.3 Å². The number of fused-ring (bicyclic) bond motifs is 1. The van der Waals surface area contributed by atoms with Crippen LogP contribution in [0.2, 0.25) is 0 Å². The highest BCUT2D eigenvalue weighted by Gasteiger charge is 2.18. The van der Waals surface area contributed by atoms with Crippen molar-refractivity contribution in [2.24, 2.45) is 0 Å². The van der Waals surface area contributed by atoms with Crippen LogP contribution in [0.4, 0.5) is 0 Å². The molecule has 3 heterocycles. The van der Waals surface area contributed by atoms with Crippen molar-refractivity contribution in [3.05, 3.63) is 36.3 Å². The second-order valence-electron chi connectivity index (χ2n) is 4.95. The van der Waals surface area contributed by atoms with Gasteiger partial charge in [-0.1, -0.05) is 6.08 Å². The van der Waals surface area contributed by atoms with Crippen molar-refractivity contribution < 1.29 is 4.21 Å². The Balaban J connectivity index is 1.94. The zero-order chi connectivity index (χ0) is 13.5. The number of aromatic amines is 1. The molecule has 5 heteroatoms. The number of nitrogens with one attached hydrogen (secondary N) is 1. The molecule has 0 amide bonds. The first-order chi connectivity index (χ1) is 9.05. The fraction of sp³-hybridized carbons (Fsp3) is 0.286. The van der Waals surface area contributed by atoms with Crippen LogP contribution in [-0.2, 0) is 9.71 Å². The van der Waals surface area contributed by atoms with E-state index in [2.05, 4.69) is 21.9 Å². The van der Waals surface area contributed by atoms with Crippen LogP contribution < -0.4 is 0 Å². The molecule has 0 radical (unpaired) electrons. The van der Waals surface area contributed by atoms with Gasteiger partial charge >= 0.3 is 0 Å². The predicted molar refractivity (Wildman–Crippen MR) is 81.4 cm³/mol. The lowest BCUT2D eigenvalue weighted by Crippen LogP contribution is -2.33. The Morgan fingerprint density at radius 2 is 2.37 bits per heavy atom. The SMILES string of the molecule is C=S(C)(=O)N1CC=C(c2c[nH]c3ccncc23)CC1. The molecule has 19 heavy (non-hydrogen) atoms. The average Bonchev–Trinajstić information content (AvgIpc) is 2.82. The minimum Gasteiger partial charge on any atom is -0.360 e. The maximum atomic E-state index is 11.9. The molecular formula is C14H17N3OS. The summed E-state index contributed by atoms with van der Waals surface area (Å²) >= 11 is 0. The van der Waals surface area contributed by atoms with Gasteiger partial charge in [0.15, 0.2) is 0 Å². The third kappa shape index (κ3) is 2.31. The number of H-pyrrole nitrogens is 1. The minimum absolute atomic E-state index is 0.696. The van der Waals surface area contributed by atoms with Gasteiger partial charge in [-0.2, -0.15) is 0 Å². The largest absolute Gasteiger partial charge is 0.360 e. The molecule has 1 N–H and O–H groups in total. The summed E-state index contributed by atoms with van der Waals surface area (Å²) in [6, 6.07) is 1.98. The topological polar surface area (TPSA) is 49.0 Å². The van der Waals surface area contributed by atoms with Crippen molar-refractivity contribution >= 4 is 32.1 Å². The summed E-state index contributed by atoms with van der Waals surface area (Å²) in [4.78, 5) is 7.44. The molecule has 1 aliphatic rings. The highest BCUT2D eigenvalue weighted by Crippen LogP contribution is 2.29. The van der Waals surface area contributed by atoms with Crippen LogP contribution in [0.5, 0.6) is 0 Å². The maximum absolute atomic E-state index is 11.9. The van der Waals surface area contributed by atoms with Crippen molar-refractivity contribution in [3.8, 4) is 0 Å². The number of rotatable bonds is 2. The van der Waals surface area contributed by atoms with Gasteiger partial charge in [0.05, 0.1) is 0 Å². The van der Waals surface area contributed by atoms with E-state index < -0.39 is 9.71 Å². The molecule has 0 bridgehead atoms. The number of aromatic nitrogens is 2. The molecule has 0 saturated heterocycles. The Morgan fingerprint density at radius 1 is 1.53 bits per heavy atom. The molecule has 100 valence electrons. The fourth-order valence-electron chi connectivity index (χ4n) is 2.47. The van der Waals surface area contributed by atoms with Crippen molar-refractivity contribution in [2.75, 3.05) is 19.3 Å². The lowest BCUT2D eigenvalue weighted by atomic mass is 10.0. The monoisotopic (exact) mass is 275 g/mol. The number of nitrogens with zero attached hydrogens (tertiary/aromatic N) is 2. The number of hydrogen-bond donors (Lipinski definition) is 1. The summed E-state index contributed by atoms with van der Waals surface area (Å²) in [5, 5.41) is 1.15. The van der Waals surface area contributed by atoms with Gasteiger partial charge in [-0.15, -0.1) is 0 Å². The van der Waals surface area contributed by atoms with Crippen LogP contribution in [0, 0.1) is 0 Å². The molecule has 3 rings (SSSR count). The van der Waals surface area contributed by atoms with Gasteiger partial charge in [-0.25, -0.2) is 4.31 Å². The van der Waals surface area contributed by atoms with Crippen LogP contribution in [0.3, 0.4) is 0 Å². The third-order valence-electron chi connectivity index (χ3n) is 3.55. The summed E-state index contributed by atoms with van der Waals surface area (Å²) < 4.78 is 13.9. The quantitative estimate of drug-likeness (QED) is 0.851. The van der Waals surface area contributed by atoms with E-state index in [0.29, 0.717) is 6.54 Å². The van der Waals surface area contributed by atoms with Crippen LogP contribution in [0.15, 0.2) is 30.7 Å². The van der Waals surface area contributed by atoms with E-state index in [0.717, 1.165) is 23.9 Å². The van der Waals surface area contributed by atoms with Gasteiger partial charge in [0.1, 0.15) is 0 Å². The normalized spacial score (nSPS) is 20.2. The van der Waals surface area contributed by atoms with E-state index in [4.69, 9.17) is 0 Å². The molecular weight excluding hydrogens is 258 g/mol. The van der Waals surface area contributed by atoms with Gasteiger partial charge in [0.25, 0.3) is 0 Å². The zero-order valence-electron chi connectivity index (χ0n) is 10.9. The molecule has 0 aliphatic carbocycles. The molecule has 0 aromatic carbocycles. The van der Waals surface area contributed by atoms with Crippen molar-refractivity contribution in [3.63, 3.8) is 0 Å². The second kappa shape index (κ2) is 4.51. The van der Waals surface area contributed by atoms with Crippen molar-refractivity contribution in [1.29, 1.82) is 0 Å². The smallest absolute Gasteiger partial charge is 0.0491 e. The molecule has 2 aromatic heterocycles. The van der Waals surface area contributed by atoms with Crippen LogP contribution in [0.1, 0.15) is 12.0 Å². The Hall–Kier alpha value is -1.59. The van der Waals surface area contributed by atoms with E-state index in [-0.39, 0.29) is 0 Å². The fourth-order valence-corrected chi connectivity index (χ4v) is 3.34. The van der Waals surface area contributed by atoms with Crippen LogP contribution in [0.25, 0.3) is 16.5 Å². The standard InChI is InChI=1S/C14H17N3OS/c1-19(2,18)17-7-4-11(5-8-17)12-10-16-14-3-6-15-9-13(12)14/h3-4,6,9-10,16H,1,5,7-8H2,2H3. The molecule has 1 unspecified atom stereocenters. The first kappa shape index (κ1) is 12.4. The lowest BCUT2D eigenvalue weighted by molar-refractivity contribution is 0.484. The molecule has 0 saturated carbocycles. The summed E-state index contributed by atoms with van der Waals surface area (Å²) in [5.41, 5.74) is 3.60. The number of hydrogen-bond acceptors (Lipinski definition) is 2. The Morgan fingerprint density at radius 3 is 3.05 bits per heavy atom. The molecule has 1 aliphatic heterocycles. The molecule has 2 aromatic rings. The van der Waals surface area contributed by atoms with Crippen LogP contribution >= 0.6 is 0 Å². The molecule has 0 spiro atoms. The van der Waals surface area contributed by atoms with E-state index in [1.54, 1.807) is 12.5 Å². The zero-order valence-corrected chi connectivity index (χ0v) is 11.7. The molecule has 0 fully saturated rings. The first-order valence-electron chi connectivity index (χ1n) is 6.23.